The summed E-state index contributed by atoms with van der Waals surface area (Å²) in [6.45, 7) is 5.64. The lowest BCUT2D eigenvalue weighted by atomic mass is 9.99. The van der Waals surface area contributed by atoms with Crippen LogP contribution in [-0.2, 0) is 23.8 Å². The molecule has 8 unspecified atom stereocenters. The summed E-state index contributed by atoms with van der Waals surface area (Å²) in [5, 5.41) is 57.2. The molecular weight excluding hydrogens is 1110 g/mol. The van der Waals surface area contributed by atoms with Crippen LogP contribution < -0.4 is 5.32 Å². The van der Waals surface area contributed by atoms with E-state index in [9.17, 15) is 35.1 Å². The molecule has 0 spiro atoms. The highest BCUT2D eigenvalue weighted by molar-refractivity contribution is 5.80. The zero-order valence-electron chi connectivity index (χ0n) is 56.5. The average molecular weight is 1240 g/mol. The third-order valence-electron chi connectivity index (χ3n) is 16.0. The molecular formula is C78H131NO10. The fraction of sp³-hybridized carbons (Fsp3) is 0.692. The Labute approximate surface area is 543 Å². The fourth-order valence-corrected chi connectivity index (χ4v) is 10.4. The molecule has 0 aromatic rings. The first kappa shape index (κ1) is 82.8. The van der Waals surface area contributed by atoms with Crippen LogP contribution in [0.5, 0.6) is 0 Å². The van der Waals surface area contributed by atoms with E-state index in [0.29, 0.717) is 12.8 Å². The number of carbonyl (C=O) groups is 2. The molecule has 1 fully saturated rings. The minimum absolute atomic E-state index is 0.0864. The molecule has 508 valence electrons. The Bertz CT molecular complexity index is 1960. The van der Waals surface area contributed by atoms with Gasteiger partial charge in [0.1, 0.15) is 24.4 Å². The van der Waals surface area contributed by atoms with Crippen molar-refractivity contribution in [2.24, 2.45) is 0 Å². The highest BCUT2D eigenvalue weighted by Crippen LogP contribution is 2.26. The smallest absolute Gasteiger partial charge is 0.306 e. The number of ether oxygens (including phenoxy) is 3. The molecule has 1 aliphatic heterocycles. The molecule has 11 nitrogen and oxygen atoms in total. The first-order valence-corrected chi connectivity index (χ1v) is 36.0. The first-order chi connectivity index (χ1) is 43.7. The second-order valence-corrected chi connectivity index (χ2v) is 24.2. The minimum Gasteiger partial charge on any atom is -0.454 e. The van der Waals surface area contributed by atoms with E-state index >= 15 is 0 Å². The SMILES string of the molecule is CC/C=C\C/C=C\C/C=C\C/C=C\C/C=C\C/C=C\CCCCCCC(=O)OC1C(OCC(NC(=O)C(O)CCCCCCCCCCCC/C=C\C/C=C\C/C=C\C/C=C\CCCCC)C(O)/C=C/CCCCCCCCCCC)OC(CO)C(O)C1O. The van der Waals surface area contributed by atoms with Gasteiger partial charge in [0.05, 0.1) is 25.4 Å². The van der Waals surface area contributed by atoms with Crippen molar-refractivity contribution in [3.05, 3.63) is 134 Å². The standard InChI is InChI=1S/C78H131NO10/c1-4-7-10-13-16-19-22-24-26-28-30-32-34-35-36-38-39-41-43-45-47-50-53-56-59-62-65-71(82)77(86)79-69(70(81)64-61-58-55-52-49-21-18-15-12-9-6-3)68-87-78-76(75(85)74(84)72(67-80)88-78)89-73(83)66-63-60-57-54-51-48-46-44-42-40-37-33-31-29-27-25-23-20-17-14-11-8-5-2/h8,11,16-17,19-20,24-27,30-33,35-36,40,42,46,48,61,64,69-72,74-76,78,80-82,84-85H,4-7,9-10,12-15,18,21-23,28-29,34,37-39,41,43-45,47,49-60,62-63,65-68H2,1-3H3,(H,79,86)/b11-8-,19-16-,20-17-,26-24-,27-25-,32-30-,33-31-,36-35-,42-40-,48-46-,64-61+. The molecule has 0 saturated carbocycles. The number of hydrogen-bond acceptors (Lipinski definition) is 10. The number of carbonyl (C=O) groups excluding carboxylic acids is 2. The van der Waals surface area contributed by atoms with Gasteiger partial charge in [0.15, 0.2) is 12.4 Å². The molecule has 1 rings (SSSR count). The Hall–Kier alpha value is -4.20. The number of rotatable bonds is 60. The summed E-state index contributed by atoms with van der Waals surface area (Å²) in [6.07, 6.45) is 80.6. The lowest BCUT2D eigenvalue weighted by molar-refractivity contribution is -0.305. The zero-order chi connectivity index (χ0) is 64.6. The lowest BCUT2D eigenvalue weighted by Gasteiger charge is -2.41. The summed E-state index contributed by atoms with van der Waals surface area (Å²) in [6, 6.07) is -1.04. The van der Waals surface area contributed by atoms with Crippen LogP contribution in [-0.4, -0.2) is 99.6 Å². The molecule has 0 radical (unpaired) electrons. The van der Waals surface area contributed by atoms with Crippen molar-refractivity contribution in [1.82, 2.24) is 5.32 Å². The van der Waals surface area contributed by atoms with Crippen molar-refractivity contribution in [3.63, 3.8) is 0 Å². The summed E-state index contributed by atoms with van der Waals surface area (Å²) in [5.74, 6) is -1.23. The number of aliphatic hydroxyl groups excluding tert-OH is 5. The Balaban J connectivity index is 2.58. The van der Waals surface area contributed by atoms with Crippen LogP contribution in [0.1, 0.15) is 284 Å². The number of hydrogen-bond donors (Lipinski definition) is 6. The maximum Gasteiger partial charge on any atom is 0.306 e. The summed E-state index contributed by atoms with van der Waals surface area (Å²) in [7, 11) is 0. The second kappa shape index (κ2) is 63.9. The number of allylic oxidation sites excluding steroid dienone is 21. The van der Waals surface area contributed by atoms with Crippen LogP contribution in [0.2, 0.25) is 0 Å². The molecule has 1 amide bonds. The van der Waals surface area contributed by atoms with Crippen molar-refractivity contribution >= 4 is 11.9 Å². The molecule has 0 aromatic carbocycles. The molecule has 0 bridgehead atoms. The summed E-state index contributed by atoms with van der Waals surface area (Å²) in [4.78, 5) is 26.7. The number of unbranched alkanes of at least 4 members (excludes halogenated alkanes) is 26. The first-order valence-electron chi connectivity index (χ1n) is 36.0. The van der Waals surface area contributed by atoms with E-state index in [1.807, 2.05) is 6.08 Å². The van der Waals surface area contributed by atoms with E-state index in [1.54, 1.807) is 6.08 Å². The predicted molar refractivity (Wildman–Crippen MR) is 374 cm³/mol. The third-order valence-corrected chi connectivity index (χ3v) is 16.0. The zero-order valence-corrected chi connectivity index (χ0v) is 56.5. The van der Waals surface area contributed by atoms with Gasteiger partial charge in [-0.3, -0.25) is 9.59 Å². The molecule has 6 N–H and O–H groups in total. The molecule has 1 saturated heterocycles. The van der Waals surface area contributed by atoms with E-state index in [1.165, 1.54) is 103 Å². The van der Waals surface area contributed by atoms with Gasteiger partial charge in [0, 0.05) is 6.42 Å². The van der Waals surface area contributed by atoms with E-state index in [-0.39, 0.29) is 19.4 Å². The number of aliphatic hydroxyl groups is 5. The van der Waals surface area contributed by atoms with Gasteiger partial charge in [-0.1, -0.05) is 289 Å². The molecule has 1 heterocycles. The number of nitrogens with one attached hydrogen (secondary N) is 1. The minimum atomic E-state index is -1.63. The van der Waals surface area contributed by atoms with Gasteiger partial charge in [-0.05, 0) is 122 Å². The largest absolute Gasteiger partial charge is 0.454 e. The quantitative estimate of drug-likeness (QED) is 0.0195. The van der Waals surface area contributed by atoms with E-state index < -0.39 is 67.4 Å². The average Bonchev–Trinajstić information content (AvgIpc) is 1.97. The Morgan fingerprint density at radius 3 is 1.24 bits per heavy atom. The van der Waals surface area contributed by atoms with Crippen molar-refractivity contribution in [3.8, 4) is 0 Å². The van der Waals surface area contributed by atoms with Gasteiger partial charge in [-0.15, -0.1) is 0 Å². The van der Waals surface area contributed by atoms with Gasteiger partial charge in [-0.2, -0.15) is 0 Å². The van der Waals surface area contributed by atoms with Gasteiger partial charge in [0.25, 0.3) is 0 Å². The van der Waals surface area contributed by atoms with Crippen molar-refractivity contribution < 1.29 is 49.3 Å². The Morgan fingerprint density at radius 1 is 0.449 bits per heavy atom. The maximum atomic E-state index is 13.5. The normalized spacial score (nSPS) is 18.9. The van der Waals surface area contributed by atoms with Crippen LogP contribution >= 0.6 is 0 Å². The molecule has 1 aliphatic rings. The summed E-state index contributed by atoms with van der Waals surface area (Å²) < 4.78 is 17.7. The molecule has 8 atom stereocenters. The van der Waals surface area contributed by atoms with Gasteiger partial charge in [-0.25, -0.2) is 0 Å². The maximum absolute atomic E-state index is 13.5. The van der Waals surface area contributed by atoms with Crippen molar-refractivity contribution in [2.75, 3.05) is 13.2 Å². The lowest BCUT2D eigenvalue weighted by Crippen LogP contribution is -2.61. The Kier molecular flexibility index (Phi) is 59.5. The highest BCUT2D eigenvalue weighted by atomic mass is 16.7. The highest BCUT2D eigenvalue weighted by Gasteiger charge is 2.47. The second-order valence-electron chi connectivity index (χ2n) is 24.2. The summed E-state index contributed by atoms with van der Waals surface area (Å²) in [5.41, 5.74) is 0. The Morgan fingerprint density at radius 2 is 0.809 bits per heavy atom. The van der Waals surface area contributed by atoms with E-state index in [4.69, 9.17) is 14.2 Å². The van der Waals surface area contributed by atoms with Gasteiger partial charge < -0.3 is 45.1 Å². The number of amides is 1. The molecule has 89 heavy (non-hydrogen) atoms. The molecule has 0 aromatic heterocycles. The van der Waals surface area contributed by atoms with Crippen LogP contribution in [0.15, 0.2) is 134 Å². The van der Waals surface area contributed by atoms with Crippen molar-refractivity contribution in [2.45, 2.75) is 333 Å². The molecule has 11 heteroatoms. The monoisotopic (exact) mass is 1240 g/mol. The summed E-state index contributed by atoms with van der Waals surface area (Å²) >= 11 is 0. The van der Waals surface area contributed by atoms with Crippen LogP contribution in [0, 0.1) is 0 Å². The van der Waals surface area contributed by atoms with Gasteiger partial charge >= 0.3 is 5.97 Å². The number of esters is 1. The van der Waals surface area contributed by atoms with E-state index in [0.717, 1.165) is 135 Å². The fourth-order valence-electron chi connectivity index (χ4n) is 10.4. The molecule has 0 aliphatic carbocycles. The van der Waals surface area contributed by atoms with Crippen LogP contribution in [0.25, 0.3) is 0 Å². The van der Waals surface area contributed by atoms with Gasteiger partial charge in [0.2, 0.25) is 5.91 Å². The topological polar surface area (TPSA) is 175 Å². The van der Waals surface area contributed by atoms with E-state index in [2.05, 4.69) is 148 Å². The van der Waals surface area contributed by atoms with Crippen LogP contribution in [0.4, 0.5) is 0 Å². The van der Waals surface area contributed by atoms with Crippen LogP contribution in [0.3, 0.4) is 0 Å². The van der Waals surface area contributed by atoms with Crippen molar-refractivity contribution in [1.29, 1.82) is 0 Å². The third kappa shape index (κ3) is 51.1. The predicted octanol–water partition coefficient (Wildman–Crippen LogP) is 18.7.